The Morgan fingerprint density at radius 1 is 1.17 bits per heavy atom. The van der Waals surface area contributed by atoms with E-state index in [4.69, 9.17) is 0 Å². The van der Waals surface area contributed by atoms with E-state index >= 15 is 0 Å². The molecule has 1 aromatic carbocycles. The first kappa shape index (κ1) is 18.3. The van der Waals surface area contributed by atoms with Crippen molar-refractivity contribution in [3.05, 3.63) is 39.9 Å². The first-order chi connectivity index (χ1) is 11.3. The molecule has 0 unspecified atom stereocenters. The Morgan fingerprint density at radius 2 is 1.83 bits per heavy atom. The van der Waals surface area contributed by atoms with E-state index in [0.717, 1.165) is 0 Å². The molecule has 0 aliphatic carbocycles. The molecule has 0 saturated carbocycles. The predicted molar refractivity (Wildman–Crippen MR) is 88.8 cm³/mol. The minimum atomic E-state index is -3.52. The number of non-ortho nitro benzene ring substituents is 1. The maximum Gasteiger partial charge on any atom is 0.269 e. The number of benzene rings is 1. The Bertz CT molecular complexity index is 702. The van der Waals surface area contributed by atoms with E-state index < -0.39 is 14.9 Å². The Hall–Kier alpha value is -2.00. The molecular weight excluding hydrogens is 334 g/mol. The fraction of sp³-hybridized carbons (Fsp3) is 0.533. The van der Waals surface area contributed by atoms with Crippen molar-refractivity contribution in [2.45, 2.75) is 25.5 Å². The highest BCUT2D eigenvalue weighted by Gasteiger charge is 2.26. The minimum absolute atomic E-state index is 0.0321. The number of carbonyl (C=O) groups excluding carboxylic acids is 1. The summed E-state index contributed by atoms with van der Waals surface area (Å²) in [6.07, 6.45) is 1.01. The smallest absolute Gasteiger partial charge is 0.269 e. The number of carbonyl (C=O) groups is 1. The molecule has 0 aromatic heterocycles. The van der Waals surface area contributed by atoms with Crippen LogP contribution in [0.5, 0.6) is 0 Å². The number of rotatable bonds is 5. The molecule has 1 amide bonds. The second kappa shape index (κ2) is 7.71. The molecule has 1 aliphatic rings. The Morgan fingerprint density at radius 3 is 2.42 bits per heavy atom. The van der Waals surface area contributed by atoms with Gasteiger partial charge in [-0.25, -0.2) is 8.42 Å². The van der Waals surface area contributed by atoms with E-state index in [1.54, 1.807) is 11.8 Å². The highest BCUT2D eigenvalue weighted by Crippen LogP contribution is 2.17. The molecule has 8 nitrogen and oxygen atoms in total. The molecule has 0 bridgehead atoms. The number of nitrogens with zero attached hydrogens (tertiary/aromatic N) is 3. The molecule has 1 heterocycles. The fourth-order valence-corrected chi connectivity index (χ4v) is 4.22. The topological polar surface area (TPSA) is 101 Å². The van der Waals surface area contributed by atoms with Gasteiger partial charge in [0.25, 0.3) is 5.69 Å². The third-order valence-electron chi connectivity index (χ3n) is 4.00. The molecular formula is C15H21N3O5S. The average Bonchev–Trinajstić information content (AvgIpc) is 2.81. The van der Waals surface area contributed by atoms with Crippen molar-refractivity contribution < 1.29 is 18.1 Å². The van der Waals surface area contributed by atoms with Gasteiger partial charge in [-0.1, -0.05) is 19.1 Å². The summed E-state index contributed by atoms with van der Waals surface area (Å²) in [6, 6.07) is 5.52. The standard InChI is InChI=1S/C15H21N3O5S/c1-2-15(19)16-8-3-9-17(11-10-16)24(22,23)12-13-4-6-14(7-5-13)18(20)21/h4-7H,2-3,8-12H2,1H3. The van der Waals surface area contributed by atoms with Crippen molar-refractivity contribution in [1.82, 2.24) is 9.21 Å². The normalized spacial score (nSPS) is 16.6. The summed E-state index contributed by atoms with van der Waals surface area (Å²) in [4.78, 5) is 23.6. The van der Waals surface area contributed by atoms with Gasteiger partial charge in [0.15, 0.2) is 0 Å². The van der Waals surface area contributed by atoms with Crippen LogP contribution in [0.2, 0.25) is 0 Å². The van der Waals surface area contributed by atoms with Gasteiger partial charge < -0.3 is 4.90 Å². The second-order valence-corrected chi connectivity index (χ2v) is 7.64. The molecule has 1 saturated heterocycles. The van der Waals surface area contributed by atoms with Crippen molar-refractivity contribution in [1.29, 1.82) is 0 Å². The molecule has 1 aromatic rings. The van der Waals surface area contributed by atoms with Crippen LogP contribution in [-0.2, 0) is 20.6 Å². The Balaban J connectivity index is 2.04. The Labute approximate surface area is 141 Å². The zero-order valence-electron chi connectivity index (χ0n) is 13.6. The zero-order valence-corrected chi connectivity index (χ0v) is 14.4. The maximum atomic E-state index is 12.6. The number of hydrogen-bond donors (Lipinski definition) is 0. The van der Waals surface area contributed by atoms with Crippen molar-refractivity contribution in [3.8, 4) is 0 Å². The number of nitro groups is 1. The second-order valence-electron chi connectivity index (χ2n) is 5.67. The van der Waals surface area contributed by atoms with Gasteiger partial charge in [0.2, 0.25) is 15.9 Å². The van der Waals surface area contributed by atoms with Crippen molar-refractivity contribution in [3.63, 3.8) is 0 Å². The maximum absolute atomic E-state index is 12.6. The minimum Gasteiger partial charge on any atom is -0.341 e. The quantitative estimate of drug-likeness (QED) is 0.586. The average molecular weight is 355 g/mol. The van der Waals surface area contributed by atoms with E-state index in [9.17, 15) is 23.3 Å². The van der Waals surface area contributed by atoms with Crippen LogP contribution in [0.4, 0.5) is 5.69 Å². The van der Waals surface area contributed by atoms with Crippen molar-refractivity contribution >= 4 is 21.6 Å². The molecule has 132 valence electrons. The molecule has 0 atom stereocenters. The highest BCUT2D eigenvalue weighted by molar-refractivity contribution is 7.88. The lowest BCUT2D eigenvalue weighted by Gasteiger charge is -2.21. The Kier molecular flexibility index (Phi) is 5.89. The van der Waals surface area contributed by atoms with Crippen LogP contribution in [0.3, 0.4) is 0 Å². The summed E-state index contributed by atoms with van der Waals surface area (Å²) < 4.78 is 26.5. The van der Waals surface area contributed by atoms with Crippen molar-refractivity contribution in [2.24, 2.45) is 0 Å². The third-order valence-corrected chi connectivity index (χ3v) is 5.85. The number of amides is 1. The summed E-state index contributed by atoms with van der Waals surface area (Å²) in [7, 11) is -3.52. The molecule has 9 heteroatoms. The summed E-state index contributed by atoms with van der Waals surface area (Å²) >= 11 is 0. The van der Waals surface area contributed by atoms with Gasteiger partial charge in [0.05, 0.1) is 10.7 Å². The summed E-state index contributed by atoms with van der Waals surface area (Å²) in [5, 5.41) is 10.6. The first-order valence-corrected chi connectivity index (χ1v) is 9.43. The van der Waals surface area contributed by atoms with E-state index in [1.807, 2.05) is 0 Å². The summed E-state index contributed by atoms with van der Waals surface area (Å²) in [5.74, 6) is -0.170. The molecule has 0 N–H and O–H groups in total. The van der Waals surface area contributed by atoms with Crippen LogP contribution in [0, 0.1) is 10.1 Å². The van der Waals surface area contributed by atoms with E-state index in [2.05, 4.69) is 0 Å². The van der Waals surface area contributed by atoms with Crippen LogP contribution >= 0.6 is 0 Å². The van der Waals surface area contributed by atoms with Crippen LogP contribution in [0.15, 0.2) is 24.3 Å². The molecule has 1 aliphatic heterocycles. The van der Waals surface area contributed by atoms with Gasteiger partial charge in [0, 0.05) is 44.7 Å². The van der Waals surface area contributed by atoms with Gasteiger partial charge in [-0.05, 0) is 12.0 Å². The number of nitro benzene ring substituents is 1. The number of hydrogen-bond acceptors (Lipinski definition) is 5. The van der Waals surface area contributed by atoms with Gasteiger partial charge in [-0.15, -0.1) is 0 Å². The van der Waals surface area contributed by atoms with E-state index in [-0.39, 0.29) is 23.9 Å². The lowest BCUT2D eigenvalue weighted by atomic mass is 10.2. The van der Waals surface area contributed by atoms with E-state index in [0.29, 0.717) is 38.0 Å². The lowest BCUT2D eigenvalue weighted by Crippen LogP contribution is -2.37. The van der Waals surface area contributed by atoms with Crippen LogP contribution in [0.1, 0.15) is 25.3 Å². The van der Waals surface area contributed by atoms with Gasteiger partial charge in [0.1, 0.15) is 0 Å². The first-order valence-electron chi connectivity index (χ1n) is 7.82. The largest absolute Gasteiger partial charge is 0.341 e. The fourth-order valence-electron chi connectivity index (χ4n) is 2.66. The van der Waals surface area contributed by atoms with E-state index in [1.165, 1.54) is 28.6 Å². The third kappa shape index (κ3) is 4.51. The predicted octanol–water partition coefficient (Wildman–Crippen LogP) is 1.37. The van der Waals surface area contributed by atoms with Crippen LogP contribution in [0.25, 0.3) is 0 Å². The zero-order chi connectivity index (χ0) is 17.7. The summed E-state index contributed by atoms with van der Waals surface area (Å²) in [5.41, 5.74) is 0.436. The van der Waals surface area contributed by atoms with Gasteiger partial charge in [-0.3, -0.25) is 14.9 Å². The number of sulfonamides is 1. The van der Waals surface area contributed by atoms with Gasteiger partial charge >= 0.3 is 0 Å². The van der Waals surface area contributed by atoms with Gasteiger partial charge in [-0.2, -0.15) is 4.31 Å². The molecule has 0 radical (unpaired) electrons. The highest BCUT2D eigenvalue weighted by atomic mass is 32.2. The van der Waals surface area contributed by atoms with Crippen LogP contribution in [-0.4, -0.2) is 54.6 Å². The van der Waals surface area contributed by atoms with Crippen molar-refractivity contribution in [2.75, 3.05) is 26.2 Å². The monoisotopic (exact) mass is 355 g/mol. The molecule has 0 spiro atoms. The summed E-state index contributed by atoms with van der Waals surface area (Å²) in [6.45, 7) is 3.41. The SMILES string of the molecule is CCC(=O)N1CCCN(S(=O)(=O)Cc2ccc([N+](=O)[O-])cc2)CC1. The molecule has 1 fully saturated rings. The molecule has 2 rings (SSSR count). The molecule has 24 heavy (non-hydrogen) atoms. The lowest BCUT2D eigenvalue weighted by molar-refractivity contribution is -0.384. The van der Waals surface area contributed by atoms with Crippen LogP contribution < -0.4 is 0 Å².